The number of rotatable bonds is 3. The van der Waals surface area contributed by atoms with Crippen molar-refractivity contribution in [2.24, 2.45) is 0 Å². The largest absolute Gasteiger partial charge is 0.349 e. The Morgan fingerprint density at radius 3 is 2.54 bits per heavy atom. The molecule has 2 nitrogen and oxygen atoms in total. The molecule has 1 N–H and O–H groups in total. The van der Waals surface area contributed by atoms with Crippen LogP contribution in [-0.2, 0) is 0 Å². The number of alkyl halides is 1. The third-order valence-corrected chi connectivity index (χ3v) is 2.21. The highest BCUT2D eigenvalue weighted by Gasteiger charge is 2.02. The van der Waals surface area contributed by atoms with Gasteiger partial charge in [-0.3, -0.25) is 4.79 Å². The van der Waals surface area contributed by atoms with E-state index < -0.39 is 6.67 Å². The highest BCUT2D eigenvalue weighted by molar-refractivity contribution is 14.1. The molecule has 1 aromatic rings. The molecule has 70 valence electrons. The van der Waals surface area contributed by atoms with Gasteiger partial charge in [0.05, 0.1) is 0 Å². The number of hydrogen-bond donors (Lipinski definition) is 1. The van der Waals surface area contributed by atoms with Gasteiger partial charge in [-0.05, 0) is 46.9 Å². The molecule has 0 atom stereocenters. The van der Waals surface area contributed by atoms with Crippen LogP contribution in [0.2, 0.25) is 0 Å². The highest BCUT2D eigenvalue weighted by atomic mass is 127. The minimum atomic E-state index is -0.532. The summed E-state index contributed by atoms with van der Waals surface area (Å²) in [5.41, 5.74) is 0.564. The van der Waals surface area contributed by atoms with E-state index in [1.54, 1.807) is 12.1 Å². The normalized spacial score (nSPS) is 9.69. The lowest BCUT2D eigenvalue weighted by Crippen LogP contribution is -2.25. The predicted molar refractivity (Wildman–Crippen MR) is 57.5 cm³/mol. The average Bonchev–Trinajstić information content (AvgIpc) is 2.15. The van der Waals surface area contributed by atoms with Crippen LogP contribution in [-0.4, -0.2) is 19.1 Å². The lowest BCUT2D eigenvalue weighted by atomic mass is 10.2. The van der Waals surface area contributed by atoms with E-state index in [4.69, 9.17) is 0 Å². The van der Waals surface area contributed by atoms with E-state index in [2.05, 4.69) is 27.9 Å². The van der Waals surface area contributed by atoms with Gasteiger partial charge in [-0.15, -0.1) is 0 Å². The van der Waals surface area contributed by atoms with Gasteiger partial charge in [0.1, 0.15) is 6.67 Å². The van der Waals surface area contributed by atoms with Crippen LogP contribution in [0.4, 0.5) is 4.39 Å². The second-order valence-corrected chi connectivity index (χ2v) is 3.70. The maximum Gasteiger partial charge on any atom is 0.251 e. The number of carbonyl (C=O) groups excluding carboxylic acids is 1. The van der Waals surface area contributed by atoms with Gasteiger partial charge in [0.2, 0.25) is 0 Å². The summed E-state index contributed by atoms with van der Waals surface area (Å²) < 4.78 is 12.8. The lowest BCUT2D eigenvalue weighted by Gasteiger charge is -2.01. The monoisotopic (exact) mass is 293 g/mol. The van der Waals surface area contributed by atoms with Gasteiger partial charge in [0, 0.05) is 15.7 Å². The molecule has 0 aliphatic carbocycles. The highest BCUT2D eigenvalue weighted by Crippen LogP contribution is 2.06. The van der Waals surface area contributed by atoms with E-state index in [9.17, 15) is 9.18 Å². The van der Waals surface area contributed by atoms with Crippen molar-refractivity contribution in [2.45, 2.75) is 0 Å². The van der Waals surface area contributed by atoms with Crippen molar-refractivity contribution >= 4 is 28.5 Å². The molecule has 0 saturated heterocycles. The first kappa shape index (κ1) is 10.4. The summed E-state index contributed by atoms with van der Waals surface area (Å²) in [5.74, 6) is -0.228. The van der Waals surface area contributed by atoms with Crippen LogP contribution in [0, 0.1) is 3.57 Å². The lowest BCUT2D eigenvalue weighted by molar-refractivity contribution is 0.0951. The molecular weight excluding hydrogens is 284 g/mol. The fourth-order valence-electron chi connectivity index (χ4n) is 0.864. The van der Waals surface area contributed by atoms with Gasteiger partial charge in [-0.1, -0.05) is 0 Å². The fourth-order valence-corrected chi connectivity index (χ4v) is 1.22. The van der Waals surface area contributed by atoms with Crippen LogP contribution in [0.15, 0.2) is 24.3 Å². The number of carbonyl (C=O) groups is 1. The Balaban J connectivity index is 2.61. The summed E-state index contributed by atoms with van der Waals surface area (Å²) in [6.07, 6.45) is 0. The smallest absolute Gasteiger partial charge is 0.251 e. The van der Waals surface area contributed by atoms with E-state index in [0.717, 1.165) is 3.57 Å². The van der Waals surface area contributed by atoms with Crippen molar-refractivity contribution in [3.05, 3.63) is 33.4 Å². The Morgan fingerprint density at radius 1 is 1.38 bits per heavy atom. The van der Waals surface area contributed by atoms with Crippen molar-refractivity contribution in [2.75, 3.05) is 13.2 Å². The topological polar surface area (TPSA) is 29.1 Å². The average molecular weight is 293 g/mol. The number of halogens is 2. The second kappa shape index (κ2) is 5.16. The predicted octanol–water partition coefficient (Wildman–Crippen LogP) is 1.99. The number of amides is 1. The van der Waals surface area contributed by atoms with Gasteiger partial charge in [-0.2, -0.15) is 0 Å². The maximum absolute atomic E-state index is 11.7. The van der Waals surface area contributed by atoms with Crippen molar-refractivity contribution in [3.8, 4) is 0 Å². The molecule has 0 aliphatic heterocycles. The summed E-state index contributed by atoms with van der Waals surface area (Å²) in [7, 11) is 0. The molecule has 0 radical (unpaired) electrons. The van der Waals surface area contributed by atoms with E-state index in [1.807, 2.05) is 12.1 Å². The first-order valence-corrected chi connectivity index (χ1v) is 4.91. The zero-order chi connectivity index (χ0) is 9.68. The van der Waals surface area contributed by atoms with Crippen LogP contribution in [0.3, 0.4) is 0 Å². The van der Waals surface area contributed by atoms with Crippen molar-refractivity contribution < 1.29 is 9.18 Å². The summed E-state index contributed by atoms with van der Waals surface area (Å²) in [4.78, 5) is 11.2. The first-order valence-electron chi connectivity index (χ1n) is 3.84. The molecular formula is C9H9FINO. The zero-order valence-electron chi connectivity index (χ0n) is 6.89. The zero-order valence-corrected chi connectivity index (χ0v) is 9.05. The summed E-state index contributed by atoms with van der Waals surface area (Å²) >= 11 is 2.16. The quantitative estimate of drug-likeness (QED) is 0.848. The van der Waals surface area contributed by atoms with Gasteiger partial charge in [-0.25, -0.2) is 4.39 Å². The number of benzene rings is 1. The van der Waals surface area contributed by atoms with Gasteiger partial charge >= 0.3 is 0 Å². The van der Waals surface area contributed by atoms with Crippen LogP contribution >= 0.6 is 22.6 Å². The Morgan fingerprint density at radius 2 is 2.00 bits per heavy atom. The first-order chi connectivity index (χ1) is 6.24. The van der Waals surface area contributed by atoms with Gasteiger partial charge in [0.25, 0.3) is 5.91 Å². The standard InChI is InChI=1S/C9H9FINO/c10-5-6-12-9(13)7-1-3-8(11)4-2-7/h1-4H,5-6H2,(H,12,13). The molecule has 0 heterocycles. The summed E-state index contributed by atoms with van der Waals surface area (Å²) in [6.45, 7) is -0.457. The Hall–Kier alpha value is -0.650. The molecule has 4 heteroatoms. The fraction of sp³-hybridized carbons (Fsp3) is 0.222. The minimum Gasteiger partial charge on any atom is -0.349 e. The van der Waals surface area contributed by atoms with Crippen molar-refractivity contribution in [1.29, 1.82) is 0 Å². The second-order valence-electron chi connectivity index (χ2n) is 2.45. The van der Waals surface area contributed by atoms with Crippen LogP contribution < -0.4 is 5.32 Å². The number of hydrogen-bond acceptors (Lipinski definition) is 1. The summed E-state index contributed by atoms with van der Waals surface area (Å²) in [5, 5.41) is 2.45. The van der Waals surface area contributed by atoms with E-state index in [-0.39, 0.29) is 12.5 Å². The van der Waals surface area contributed by atoms with E-state index >= 15 is 0 Å². The molecule has 0 bridgehead atoms. The Labute approximate surface area is 89.7 Å². The molecule has 13 heavy (non-hydrogen) atoms. The van der Waals surface area contributed by atoms with E-state index in [1.165, 1.54) is 0 Å². The maximum atomic E-state index is 11.7. The van der Waals surface area contributed by atoms with Crippen LogP contribution in [0.1, 0.15) is 10.4 Å². The van der Waals surface area contributed by atoms with Crippen molar-refractivity contribution in [3.63, 3.8) is 0 Å². The van der Waals surface area contributed by atoms with Gasteiger partial charge < -0.3 is 5.32 Å². The van der Waals surface area contributed by atoms with Crippen LogP contribution in [0.25, 0.3) is 0 Å². The molecule has 0 aliphatic rings. The third kappa shape index (κ3) is 3.30. The molecule has 1 aromatic carbocycles. The molecule has 0 spiro atoms. The molecule has 1 amide bonds. The Bertz CT molecular complexity index is 286. The molecule has 0 unspecified atom stereocenters. The molecule has 1 rings (SSSR count). The van der Waals surface area contributed by atoms with Crippen molar-refractivity contribution in [1.82, 2.24) is 5.32 Å². The summed E-state index contributed by atoms with van der Waals surface area (Å²) in [6, 6.07) is 7.11. The van der Waals surface area contributed by atoms with Gasteiger partial charge in [0.15, 0.2) is 0 Å². The third-order valence-electron chi connectivity index (χ3n) is 1.49. The molecule has 0 fully saturated rings. The molecule has 0 saturated carbocycles. The number of nitrogens with one attached hydrogen (secondary N) is 1. The molecule has 0 aromatic heterocycles. The van der Waals surface area contributed by atoms with Crippen LogP contribution in [0.5, 0.6) is 0 Å². The Kier molecular flexibility index (Phi) is 4.14. The SMILES string of the molecule is O=C(NCCF)c1ccc(I)cc1. The minimum absolute atomic E-state index is 0.0742. The van der Waals surface area contributed by atoms with E-state index in [0.29, 0.717) is 5.56 Å².